The molecular formula is C23H26N2O3. The fourth-order valence-electron chi connectivity index (χ4n) is 3.17. The average molecular weight is 378 g/mol. The van der Waals surface area contributed by atoms with Crippen LogP contribution in [0.2, 0.25) is 0 Å². The molecule has 3 rings (SSSR count). The number of unbranched alkanes of at least 4 members (excludes halogenated alkanes) is 3. The van der Waals surface area contributed by atoms with Crippen molar-refractivity contribution in [3.63, 3.8) is 0 Å². The van der Waals surface area contributed by atoms with Crippen LogP contribution in [-0.2, 0) is 6.42 Å². The van der Waals surface area contributed by atoms with Gasteiger partial charge in [0.1, 0.15) is 16.9 Å². The lowest BCUT2D eigenvalue weighted by molar-refractivity contribution is 0.102. The van der Waals surface area contributed by atoms with Gasteiger partial charge in [-0.2, -0.15) is 0 Å². The molecule has 0 saturated heterocycles. The maximum Gasteiger partial charge on any atom is 0.261 e. The van der Waals surface area contributed by atoms with E-state index in [-0.39, 0.29) is 16.9 Å². The molecule has 0 saturated carbocycles. The third kappa shape index (κ3) is 4.60. The third-order valence-corrected chi connectivity index (χ3v) is 4.82. The predicted octanol–water partition coefficient (Wildman–Crippen LogP) is 5.30. The van der Waals surface area contributed by atoms with Gasteiger partial charge in [0, 0.05) is 17.1 Å². The van der Waals surface area contributed by atoms with Crippen molar-refractivity contribution in [2.24, 2.45) is 0 Å². The number of hydrogen-bond donors (Lipinski definition) is 3. The van der Waals surface area contributed by atoms with Gasteiger partial charge in [0.15, 0.2) is 0 Å². The van der Waals surface area contributed by atoms with E-state index in [1.165, 1.54) is 12.5 Å². The predicted molar refractivity (Wildman–Crippen MR) is 111 cm³/mol. The Balaban J connectivity index is 1.87. The van der Waals surface area contributed by atoms with Crippen molar-refractivity contribution in [2.45, 2.75) is 46.0 Å². The van der Waals surface area contributed by atoms with Crippen molar-refractivity contribution in [3.05, 3.63) is 64.7 Å². The smallest absolute Gasteiger partial charge is 0.261 e. The summed E-state index contributed by atoms with van der Waals surface area (Å²) in [5, 5.41) is 21.8. The molecule has 1 aromatic heterocycles. The molecule has 28 heavy (non-hydrogen) atoms. The summed E-state index contributed by atoms with van der Waals surface area (Å²) in [7, 11) is 0. The topological polar surface area (TPSA) is 86.3 Å². The van der Waals surface area contributed by atoms with Gasteiger partial charge in [0.25, 0.3) is 5.91 Å². The number of carbonyl (C=O) groups excluding carboxylic acids is 1. The molecule has 2 aromatic carbocycles. The van der Waals surface area contributed by atoms with E-state index in [9.17, 15) is 9.90 Å². The van der Waals surface area contributed by atoms with Crippen molar-refractivity contribution in [3.8, 4) is 5.75 Å². The summed E-state index contributed by atoms with van der Waals surface area (Å²) in [5.74, 6) is -0.221. The van der Waals surface area contributed by atoms with Gasteiger partial charge in [-0.3, -0.25) is 10.2 Å². The van der Waals surface area contributed by atoms with Gasteiger partial charge < -0.3 is 14.8 Å². The molecule has 1 amide bonds. The standard InChI is InChI=1S/C23H26N2O3/c1-3-4-5-6-7-16-12-17-13-19(22(24)28-21(17)14-20(16)26)23(27)25-18-10-8-15(2)9-11-18/h8-14,24,26H,3-7H2,1-2H3,(H,25,27). The molecule has 146 valence electrons. The molecule has 1 heterocycles. The number of anilines is 1. The summed E-state index contributed by atoms with van der Waals surface area (Å²) >= 11 is 0. The Morgan fingerprint density at radius 2 is 1.86 bits per heavy atom. The minimum atomic E-state index is -0.392. The van der Waals surface area contributed by atoms with Crippen LogP contribution in [0, 0.1) is 12.3 Å². The maximum atomic E-state index is 12.6. The van der Waals surface area contributed by atoms with Crippen molar-refractivity contribution in [1.29, 1.82) is 5.41 Å². The van der Waals surface area contributed by atoms with Gasteiger partial charge >= 0.3 is 0 Å². The summed E-state index contributed by atoms with van der Waals surface area (Å²) in [6.07, 6.45) is 5.23. The van der Waals surface area contributed by atoms with Crippen LogP contribution in [0.5, 0.6) is 5.75 Å². The fraction of sp³-hybridized carbons (Fsp3) is 0.304. The van der Waals surface area contributed by atoms with E-state index in [1.54, 1.807) is 6.07 Å². The molecular weight excluding hydrogens is 352 g/mol. The third-order valence-electron chi connectivity index (χ3n) is 4.82. The second kappa shape index (κ2) is 8.74. The maximum absolute atomic E-state index is 12.6. The Hall–Kier alpha value is -3.08. The van der Waals surface area contributed by atoms with E-state index < -0.39 is 5.91 Å². The number of nitrogens with one attached hydrogen (secondary N) is 2. The summed E-state index contributed by atoms with van der Waals surface area (Å²) < 4.78 is 5.50. The lowest BCUT2D eigenvalue weighted by atomic mass is 10.0. The zero-order valence-corrected chi connectivity index (χ0v) is 16.3. The van der Waals surface area contributed by atoms with Crippen molar-refractivity contribution in [1.82, 2.24) is 0 Å². The molecule has 0 aliphatic heterocycles. The van der Waals surface area contributed by atoms with Gasteiger partial charge in [-0.05, 0) is 49.6 Å². The van der Waals surface area contributed by atoms with Crippen LogP contribution in [0.25, 0.3) is 11.0 Å². The number of hydrogen-bond acceptors (Lipinski definition) is 4. The molecule has 0 aliphatic rings. The molecule has 0 unspecified atom stereocenters. The van der Waals surface area contributed by atoms with Crippen LogP contribution in [-0.4, -0.2) is 11.0 Å². The van der Waals surface area contributed by atoms with Crippen LogP contribution in [0.3, 0.4) is 0 Å². The van der Waals surface area contributed by atoms with Gasteiger partial charge in [-0.15, -0.1) is 0 Å². The lowest BCUT2D eigenvalue weighted by Crippen LogP contribution is -2.20. The highest BCUT2D eigenvalue weighted by molar-refractivity contribution is 6.05. The molecule has 0 aliphatic carbocycles. The van der Waals surface area contributed by atoms with E-state index in [0.717, 1.165) is 36.8 Å². The van der Waals surface area contributed by atoms with Crippen LogP contribution in [0.1, 0.15) is 54.1 Å². The number of aryl methyl sites for hydroxylation is 2. The van der Waals surface area contributed by atoms with Crippen LogP contribution in [0.15, 0.2) is 46.9 Å². The highest BCUT2D eigenvalue weighted by Crippen LogP contribution is 2.26. The van der Waals surface area contributed by atoms with Crippen molar-refractivity contribution >= 4 is 22.6 Å². The Morgan fingerprint density at radius 1 is 1.11 bits per heavy atom. The number of fused-ring (bicyclic) bond motifs is 1. The molecule has 0 radical (unpaired) electrons. The second-order valence-electron chi connectivity index (χ2n) is 7.14. The number of benzene rings is 2. The van der Waals surface area contributed by atoms with Gasteiger partial charge in [0.2, 0.25) is 5.55 Å². The first-order valence-corrected chi connectivity index (χ1v) is 9.70. The number of phenolic OH excluding ortho intramolecular Hbond substituents is 1. The van der Waals surface area contributed by atoms with Gasteiger partial charge in [0.05, 0.1) is 0 Å². The molecule has 0 spiro atoms. The van der Waals surface area contributed by atoms with Crippen molar-refractivity contribution < 1.29 is 14.3 Å². The Bertz CT molecular complexity index is 1040. The first-order valence-electron chi connectivity index (χ1n) is 9.70. The van der Waals surface area contributed by atoms with E-state index in [4.69, 9.17) is 9.83 Å². The Labute approximate surface area is 164 Å². The number of aromatic hydroxyl groups is 1. The average Bonchev–Trinajstić information content (AvgIpc) is 2.67. The first kappa shape index (κ1) is 19.7. The zero-order valence-electron chi connectivity index (χ0n) is 16.3. The van der Waals surface area contributed by atoms with Crippen LogP contribution >= 0.6 is 0 Å². The summed E-state index contributed by atoms with van der Waals surface area (Å²) in [5.41, 5.74) is 2.93. The number of phenols is 1. The monoisotopic (exact) mass is 378 g/mol. The molecule has 5 heteroatoms. The normalized spacial score (nSPS) is 10.9. The Kier molecular flexibility index (Phi) is 6.14. The second-order valence-corrected chi connectivity index (χ2v) is 7.14. The van der Waals surface area contributed by atoms with Crippen LogP contribution < -0.4 is 10.9 Å². The fourth-order valence-corrected chi connectivity index (χ4v) is 3.17. The minimum absolute atomic E-state index is 0.163. The molecule has 3 N–H and O–H groups in total. The highest BCUT2D eigenvalue weighted by Gasteiger charge is 2.14. The zero-order chi connectivity index (χ0) is 20.1. The van der Waals surface area contributed by atoms with E-state index in [1.807, 2.05) is 37.3 Å². The summed E-state index contributed by atoms with van der Waals surface area (Å²) in [6.45, 7) is 4.14. The number of carbonyl (C=O) groups is 1. The van der Waals surface area contributed by atoms with E-state index >= 15 is 0 Å². The molecule has 0 bridgehead atoms. The number of amides is 1. The number of rotatable bonds is 7. The Morgan fingerprint density at radius 3 is 2.57 bits per heavy atom. The molecule has 5 nitrogen and oxygen atoms in total. The quantitative estimate of drug-likeness (QED) is 0.488. The molecule has 3 aromatic rings. The van der Waals surface area contributed by atoms with Crippen molar-refractivity contribution in [2.75, 3.05) is 5.32 Å². The first-order chi connectivity index (χ1) is 13.5. The van der Waals surface area contributed by atoms with E-state index in [2.05, 4.69) is 12.2 Å². The minimum Gasteiger partial charge on any atom is -0.508 e. The van der Waals surface area contributed by atoms with Crippen LogP contribution in [0.4, 0.5) is 5.69 Å². The lowest BCUT2D eigenvalue weighted by Gasteiger charge is -2.09. The summed E-state index contributed by atoms with van der Waals surface area (Å²) in [4.78, 5) is 12.6. The van der Waals surface area contributed by atoms with Gasteiger partial charge in [-0.25, -0.2) is 0 Å². The molecule has 0 atom stereocenters. The largest absolute Gasteiger partial charge is 0.508 e. The SMILES string of the molecule is CCCCCCc1cc2cc(C(=O)Nc3ccc(C)cc3)c(=N)oc2cc1O. The highest BCUT2D eigenvalue weighted by atomic mass is 16.3. The molecule has 0 fully saturated rings. The summed E-state index contributed by atoms with van der Waals surface area (Å²) in [6, 6.07) is 12.5. The van der Waals surface area contributed by atoms with E-state index in [0.29, 0.717) is 16.7 Å². The van der Waals surface area contributed by atoms with Gasteiger partial charge in [-0.1, -0.05) is 43.9 Å².